The van der Waals surface area contributed by atoms with E-state index >= 15 is 0 Å². The topological polar surface area (TPSA) is 55.2 Å². The van der Waals surface area contributed by atoms with Gasteiger partial charge in [0.25, 0.3) is 0 Å². The molecule has 0 aromatic carbocycles. The number of anilines is 1. The highest BCUT2D eigenvalue weighted by Gasteiger charge is 2.45. The highest BCUT2D eigenvalue weighted by molar-refractivity contribution is 5.35. The zero-order valence-corrected chi connectivity index (χ0v) is 13.5. The molecule has 4 rings (SSSR count). The Morgan fingerprint density at radius 3 is 3.17 bits per heavy atom. The Labute approximate surface area is 136 Å². The number of nitrogens with one attached hydrogen (secondary N) is 1. The van der Waals surface area contributed by atoms with Crippen molar-refractivity contribution in [3.05, 3.63) is 42.4 Å². The Morgan fingerprint density at radius 2 is 2.39 bits per heavy atom. The second kappa shape index (κ2) is 5.94. The Kier molecular flexibility index (Phi) is 3.79. The molecule has 2 atom stereocenters. The maximum atomic E-state index is 6.21. The Morgan fingerprint density at radius 1 is 1.43 bits per heavy atom. The highest BCUT2D eigenvalue weighted by Crippen LogP contribution is 2.36. The molecule has 6 heteroatoms. The summed E-state index contributed by atoms with van der Waals surface area (Å²) < 4.78 is 8.07. The van der Waals surface area contributed by atoms with E-state index in [-0.39, 0.29) is 5.60 Å². The third-order valence-corrected chi connectivity index (χ3v) is 4.79. The fraction of sp³-hybridized carbons (Fsp3) is 0.529. The van der Waals surface area contributed by atoms with Crippen molar-refractivity contribution in [2.45, 2.75) is 31.0 Å². The van der Waals surface area contributed by atoms with Crippen LogP contribution >= 0.6 is 0 Å². The average molecular weight is 313 g/mol. The summed E-state index contributed by atoms with van der Waals surface area (Å²) in [7, 11) is 1.96. The van der Waals surface area contributed by atoms with Crippen molar-refractivity contribution in [3.63, 3.8) is 0 Å². The molecule has 2 saturated heterocycles. The van der Waals surface area contributed by atoms with Crippen LogP contribution in [-0.2, 0) is 18.3 Å². The van der Waals surface area contributed by atoms with Crippen molar-refractivity contribution in [1.82, 2.24) is 19.7 Å². The maximum absolute atomic E-state index is 6.21. The minimum absolute atomic E-state index is 0.00859. The molecule has 2 fully saturated rings. The van der Waals surface area contributed by atoms with Gasteiger partial charge in [0, 0.05) is 51.1 Å². The second-order valence-electron chi connectivity index (χ2n) is 6.74. The van der Waals surface area contributed by atoms with Gasteiger partial charge in [0.2, 0.25) is 0 Å². The predicted molar refractivity (Wildman–Crippen MR) is 88.0 cm³/mol. The lowest BCUT2D eigenvalue weighted by Crippen LogP contribution is -2.33. The zero-order valence-electron chi connectivity index (χ0n) is 13.5. The van der Waals surface area contributed by atoms with E-state index < -0.39 is 0 Å². The van der Waals surface area contributed by atoms with E-state index in [0.29, 0.717) is 6.04 Å². The van der Waals surface area contributed by atoms with E-state index in [1.807, 2.05) is 42.3 Å². The lowest BCUT2D eigenvalue weighted by molar-refractivity contribution is 0.0120. The molecular weight excluding hydrogens is 290 g/mol. The van der Waals surface area contributed by atoms with E-state index in [9.17, 15) is 0 Å². The monoisotopic (exact) mass is 313 g/mol. The number of rotatable bonds is 4. The highest BCUT2D eigenvalue weighted by atomic mass is 16.5. The summed E-state index contributed by atoms with van der Waals surface area (Å²) in [6, 6.07) is 6.30. The van der Waals surface area contributed by atoms with Gasteiger partial charge in [-0.3, -0.25) is 9.58 Å². The molecule has 2 aliphatic rings. The van der Waals surface area contributed by atoms with Gasteiger partial charge >= 0.3 is 0 Å². The number of hydrogen-bond acceptors (Lipinski definition) is 5. The summed E-state index contributed by atoms with van der Waals surface area (Å²) in [5.41, 5.74) is 1.28. The van der Waals surface area contributed by atoms with E-state index in [0.717, 1.165) is 44.9 Å². The second-order valence-corrected chi connectivity index (χ2v) is 6.74. The third-order valence-electron chi connectivity index (χ3n) is 4.79. The van der Waals surface area contributed by atoms with Crippen LogP contribution < -0.4 is 5.32 Å². The fourth-order valence-corrected chi connectivity index (χ4v) is 3.75. The molecule has 2 aromatic heterocycles. The van der Waals surface area contributed by atoms with Crippen LogP contribution in [0.4, 0.5) is 5.82 Å². The first-order valence-corrected chi connectivity index (χ1v) is 8.22. The lowest BCUT2D eigenvalue weighted by atomic mass is 9.97. The zero-order chi connectivity index (χ0) is 15.7. The molecule has 0 aliphatic carbocycles. The molecular formula is C17H23N5O. The third kappa shape index (κ3) is 3.23. The summed E-state index contributed by atoms with van der Waals surface area (Å²) in [5.74, 6) is 0.934. The van der Waals surface area contributed by atoms with Crippen LogP contribution in [0.3, 0.4) is 0 Å². The summed E-state index contributed by atoms with van der Waals surface area (Å²) in [6.45, 7) is 3.81. The normalized spacial score (nSPS) is 27.8. The molecule has 0 radical (unpaired) electrons. The first-order chi connectivity index (χ1) is 11.2. The molecule has 0 saturated carbocycles. The average Bonchev–Trinajstić information content (AvgIpc) is 3.24. The maximum Gasteiger partial charge on any atom is 0.126 e. The van der Waals surface area contributed by atoms with Crippen molar-refractivity contribution in [2.75, 3.05) is 25.0 Å². The lowest BCUT2D eigenvalue weighted by Gasteiger charge is -2.23. The van der Waals surface area contributed by atoms with Crippen LogP contribution in [0, 0.1) is 0 Å². The number of likely N-dealkylation sites (tertiary alicyclic amines) is 1. The minimum Gasteiger partial charge on any atom is -0.371 e. The molecule has 6 nitrogen and oxygen atoms in total. The quantitative estimate of drug-likeness (QED) is 0.930. The van der Waals surface area contributed by atoms with Crippen LogP contribution in [-0.4, -0.2) is 51.0 Å². The number of pyridine rings is 1. The molecule has 23 heavy (non-hydrogen) atoms. The first kappa shape index (κ1) is 14.7. The van der Waals surface area contributed by atoms with Crippen molar-refractivity contribution < 1.29 is 4.74 Å². The van der Waals surface area contributed by atoms with E-state index in [1.165, 1.54) is 5.56 Å². The molecule has 0 amide bonds. The number of nitrogens with zero attached hydrogens (tertiary/aromatic N) is 4. The smallest absolute Gasteiger partial charge is 0.126 e. The van der Waals surface area contributed by atoms with E-state index in [1.54, 1.807) is 0 Å². The molecule has 0 bridgehead atoms. The van der Waals surface area contributed by atoms with E-state index in [2.05, 4.69) is 26.5 Å². The Hall–Kier alpha value is -1.92. The summed E-state index contributed by atoms with van der Waals surface area (Å²) in [5, 5.41) is 7.74. The molecule has 1 N–H and O–H groups in total. The molecule has 1 spiro atoms. The molecule has 2 aromatic rings. The SMILES string of the molecule is Cn1cc(CN2CCC3(CC(Nc4ccccn4)CO3)C2)cn1. The van der Waals surface area contributed by atoms with Gasteiger partial charge in [-0.2, -0.15) is 5.10 Å². The van der Waals surface area contributed by atoms with Crippen LogP contribution in [0.1, 0.15) is 18.4 Å². The van der Waals surface area contributed by atoms with E-state index in [4.69, 9.17) is 4.74 Å². The molecule has 2 aliphatic heterocycles. The van der Waals surface area contributed by atoms with Crippen LogP contribution in [0.15, 0.2) is 36.8 Å². The van der Waals surface area contributed by atoms with Crippen LogP contribution in [0.5, 0.6) is 0 Å². The Bertz CT molecular complexity index is 658. The standard InChI is InChI=1S/C17H23N5O/c1-21-10-14(9-19-21)11-22-7-5-17(13-22)8-15(12-23-17)20-16-4-2-3-6-18-16/h2-4,6,9-10,15H,5,7-8,11-13H2,1H3,(H,18,20). The summed E-state index contributed by atoms with van der Waals surface area (Å²) in [4.78, 5) is 6.82. The molecule has 4 heterocycles. The van der Waals surface area contributed by atoms with Gasteiger partial charge in [0.15, 0.2) is 0 Å². The van der Waals surface area contributed by atoms with Gasteiger partial charge in [-0.15, -0.1) is 0 Å². The van der Waals surface area contributed by atoms with Gasteiger partial charge < -0.3 is 10.1 Å². The number of aryl methyl sites for hydroxylation is 1. The minimum atomic E-state index is 0.00859. The first-order valence-electron chi connectivity index (χ1n) is 8.22. The van der Waals surface area contributed by atoms with Gasteiger partial charge in [0.1, 0.15) is 5.82 Å². The van der Waals surface area contributed by atoms with Crippen molar-refractivity contribution in [3.8, 4) is 0 Å². The molecule has 122 valence electrons. The van der Waals surface area contributed by atoms with Gasteiger partial charge in [0.05, 0.1) is 24.4 Å². The van der Waals surface area contributed by atoms with Crippen molar-refractivity contribution in [2.24, 2.45) is 7.05 Å². The van der Waals surface area contributed by atoms with Gasteiger partial charge in [-0.1, -0.05) is 6.07 Å². The predicted octanol–water partition coefficient (Wildman–Crippen LogP) is 1.66. The Balaban J connectivity index is 1.34. The van der Waals surface area contributed by atoms with Gasteiger partial charge in [-0.25, -0.2) is 4.98 Å². The number of aromatic nitrogens is 3. The number of hydrogen-bond donors (Lipinski definition) is 1. The summed E-state index contributed by atoms with van der Waals surface area (Å²) in [6.07, 6.45) is 8.01. The fourth-order valence-electron chi connectivity index (χ4n) is 3.75. The van der Waals surface area contributed by atoms with Crippen LogP contribution in [0.25, 0.3) is 0 Å². The van der Waals surface area contributed by atoms with Crippen molar-refractivity contribution in [1.29, 1.82) is 0 Å². The van der Waals surface area contributed by atoms with Crippen LogP contribution in [0.2, 0.25) is 0 Å². The van der Waals surface area contributed by atoms with Crippen molar-refractivity contribution >= 4 is 5.82 Å². The largest absolute Gasteiger partial charge is 0.371 e. The number of ether oxygens (including phenoxy) is 1. The molecule has 2 unspecified atom stereocenters. The summed E-state index contributed by atoms with van der Waals surface area (Å²) >= 11 is 0. The van der Waals surface area contributed by atoms with Gasteiger partial charge in [-0.05, 0) is 18.6 Å².